The van der Waals surface area contributed by atoms with Gasteiger partial charge in [0.25, 0.3) is 0 Å². The maximum atomic E-state index is 6.14. The van der Waals surface area contributed by atoms with Crippen molar-refractivity contribution in [1.82, 2.24) is 10.1 Å². The van der Waals surface area contributed by atoms with Crippen LogP contribution in [-0.4, -0.2) is 16.7 Å². The number of ether oxygens (including phenoxy) is 1. The topological polar surface area (TPSA) is 74.2 Å². The minimum absolute atomic E-state index is 0.241. The van der Waals surface area contributed by atoms with Crippen LogP contribution in [0.4, 0.5) is 0 Å². The molecule has 5 heteroatoms. The second-order valence-electron chi connectivity index (χ2n) is 5.15. The van der Waals surface area contributed by atoms with Gasteiger partial charge in [0.15, 0.2) is 0 Å². The van der Waals surface area contributed by atoms with Gasteiger partial charge in [0, 0.05) is 6.61 Å². The van der Waals surface area contributed by atoms with Crippen LogP contribution in [0, 0.1) is 5.92 Å². The fraction of sp³-hybridized carbons (Fsp3) is 0.500. The summed E-state index contributed by atoms with van der Waals surface area (Å²) in [6.07, 6.45) is 0.643. The standard InChI is InChI=1S/C16H23N3O2/c1-4-11(3)13(17)16-18-15(19-21-16)14(20-5-2)12-9-7-6-8-10-12/h6-11,13-14H,4-5,17H2,1-3H3/t11-,13-,14?/m0/s1. The number of benzene rings is 1. The van der Waals surface area contributed by atoms with E-state index >= 15 is 0 Å². The lowest BCUT2D eigenvalue weighted by atomic mass is 10.0. The van der Waals surface area contributed by atoms with E-state index in [-0.39, 0.29) is 12.1 Å². The van der Waals surface area contributed by atoms with Gasteiger partial charge in [-0.2, -0.15) is 4.98 Å². The van der Waals surface area contributed by atoms with Gasteiger partial charge in [0.2, 0.25) is 11.7 Å². The molecule has 0 bridgehead atoms. The quantitative estimate of drug-likeness (QED) is 0.847. The SMILES string of the molecule is CCOC(c1ccccc1)c1noc([C@@H](N)[C@@H](C)CC)n1. The molecule has 1 aromatic carbocycles. The minimum Gasteiger partial charge on any atom is -0.366 e. The van der Waals surface area contributed by atoms with E-state index in [1.165, 1.54) is 0 Å². The van der Waals surface area contributed by atoms with Crippen molar-refractivity contribution >= 4 is 0 Å². The van der Waals surface area contributed by atoms with E-state index in [0.29, 0.717) is 24.2 Å². The van der Waals surface area contributed by atoms with Crippen molar-refractivity contribution in [1.29, 1.82) is 0 Å². The molecular weight excluding hydrogens is 266 g/mol. The first kappa shape index (κ1) is 15.7. The predicted octanol–water partition coefficient (Wildman–Crippen LogP) is 3.24. The van der Waals surface area contributed by atoms with Crippen LogP contribution in [0.3, 0.4) is 0 Å². The van der Waals surface area contributed by atoms with Crippen LogP contribution in [-0.2, 0) is 4.74 Å². The zero-order valence-corrected chi connectivity index (χ0v) is 12.8. The normalized spacial score (nSPS) is 15.6. The molecule has 0 aliphatic carbocycles. The van der Waals surface area contributed by atoms with Crippen molar-refractivity contribution < 1.29 is 9.26 Å². The highest BCUT2D eigenvalue weighted by Crippen LogP contribution is 2.26. The first-order valence-electron chi connectivity index (χ1n) is 7.43. The Labute approximate surface area is 125 Å². The summed E-state index contributed by atoms with van der Waals surface area (Å²) in [5.41, 5.74) is 7.14. The third kappa shape index (κ3) is 3.68. The Bertz CT molecular complexity index is 541. The average Bonchev–Trinajstić information content (AvgIpc) is 3.01. The fourth-order valence-corrected chi connectivity index (χ4v) is 2.10. The molecule has 0 fully saturated rings. The summed E-state index contributed by atoms with van der Waals surface area (Å²) >= 11 is 0. The van der Waals surface area contributed by atoms with Crippen molar-refractivity contribution in [3.63, 3.8) is 0 Å². The molecule has 2 rings (SSSR count). The Hall–Kier alpha value is -1.72. The zero-order valence-electron chi connectivity index (χ0n) is 12.8. The Kier molecular flexibility index (Phi) is 5.47. The van der Waals surface area contributed by atoms with Gasteiger partial charge in [0.05, 0.1) is 6.04 Å². The van der Waals surface area contributed by atoms with Gasteiger partial charge in [0.1, 0.15) is 6.10 Å². The van der Waals surface area contributed by atoms with E-state index in [0.717, 1.165) is 12.0 Å². The summed E-state index contributed by atoms with van der Waals surface area (Å²) in [5, 5.41) is 4.06. The average molecular weight is 289 g/mol. The van der Waals surface area contributed by atoms with E-state index in [1.54, 1.807) is 0 Å². The van der Waals surface area contributed by atoms with Crippen LogP contribution in [0.1, 0.15) is 56.6 Å². The maximum absolute atomic E-state index is 6.14. The lowest BCUT2D eigenvalue weighted by molar-refractivity contribution is 0.0833. The summed E-state index contributed by atoms with van der Waals surface area (Å²) in [7, 11) is 0. The Balaban J connectivity index is 2.24. The van der Waals surface area contributed by atoms with E-state index < -0.39 is 0 Å². The van der Waals surface area contributed by atoms with Crippen molar-refractivity contribution in [3.05, 3.63) is 47.6 Å². The Morgan fingerprint density at radius 1 is 1.24 bits per heavy atom. The lowest BCUT2D eigenvalue weighted by Gasteiger charge is -2.14. The summed E-state index contributed by atoms with van der Waals surface area (Å²) in [4.78, 5) is 4.45. The zero-order chi connectivity index (χ0) is 15.2. The number of nitrogens with zero attached hydrogens (tertiary/aromatic N) is 2. The molecule has 2 N–H and O–H groups in total. The van der Waals surface area contributed by atoms with Crippen LogP contribution in [0.15, 0.2) is 34.9 Å². The van der Waals surface area contributed by atoms with Gasteiger partial charge in [-0.15, -0.1) is 0 Å². The van der Waals surface area contributed by atoms with E-state index in [4.69, 9.17) is 15.0 Å². The van der Waals surface area contributed by atoms with Crippen LogP contribution < -0.4 is 5.73 Å². The molecule has 3 atom stereocenters. The molecular formula is C16H23N3O2. The first-order valence-corrected chi connectivity index (χ1v) is 7.43. The summed E-state index contributed by atoms with van der Waals surface area (Å²) < 4.78 is 11.1. The van der Waals surface area contributed by atoms with Gasteiger partial charge in [-0.3, -0.25) is 0 Å². The van der Waals surface area contributed by atoms with Crippen LogP contribution >= 0.6 is 0 Å². The van der Waals surface area contributed by atoms with Gasteiger partial charge in [-0.25, -0.2) is 0 Å². The van der Waals surface area contributed by atoms with Gasteiger partial charge in [-0.1, -0.05) is 55.8 Å². The Morgan fingerprint density at radius 3 is 2.57 bits per heavy atom. The molecule has 114 valence electrons. The largest absolute Gasteiger partial charge is 0.366 e. The van der Waals surface area contributed by atoms with Crippen LogP contribution in [0.5, 0.6) is 0 Å². The summed E-state index contributed by atoms with van der Waals surface area (Å²) in [6.45, 7) is 6.68. The molecule has 0 radical (unpaired) electrons. The molecule has 5 nitrogen and oxygen atoms in total. The second kappa shape index (κ2) is 7.33. The first-order chi connectivity index (χ1) is 10.2. The van der Waals surface area contributed by atoms with Gasteiger partial charge >= 0.3 is 0 Å². The van der Waals surface area contributed by atoms with Crippen molar-refractivity contribution in [2.45, 2.75) is 39.3 Å². The van der Waals surface area contributed by atoms with Crippen molar-refractivity contribution in [3.8, 4) is 0 Å². The van der Waals surface area contributed by atoms with Gasteiger partial charge in [-0.05, 0) is 18.4 Å². The smallest absolute Gasteiger partial charge is 0.243 e. The summed E-state index contributed by atoms with van der Waals surface area (Å²) in [6, 6.07) is 9.64. The highest BCUT2D eigenvalue weighted by atomic mass is 16.5. The van der Waals surface area contributed by atoms with Gasteiger partial charge < -0.3 is 15.0 Å². The molecule has 0 saturated heterocycles. The Morgan fingerprint density at radius 2 is 1.95 bits per heavy atom. The molecule has 1 aromatic heterocycles. The molecule has 0 aliphatic heterocycles. The molecule has 1 heterocycles. The minimum atomic E-state index is -0.321. The van der Waals surface area contributed by atoms with E-state index in [2.05, 4.69) is 24.0 Å². The van der Waals surface area contributed by atoms with Crippen molar-refractivity contribution in [2.24, 2.45) is 11.7 Å². The van der Waals surface area contributed by atoms with Crippen LogP contribution in [0.25, 0.3) is 0 Å². The second-order valence-corrected chi connectivity index (χ2v) is 5.15. The fourth-order valence-electron chi connectivity index (χ4n) is 2.10. The highest BCUT2D eigenvalue weighted by Gasteiger charge is 2.24. The number of rotatable bonds is 7. The highest BCUT2D eigenvalue weighted by molar-refractivity contribution is 5.22. The van der Waals surface area contributed by atoms with E-state index in [1.807, 2.05) is 37.3 Å². The van der Waals surface area contributed by atoms with Crippen LogP contribution in [0.2, 0.25) is 0 Å². The van der Waals surface area contributed by atoms with Crippen molar-refractivity contribution in [2.75, 3.05) is 6.61 Å². The van der Waals surface area contributed by atoms with E-state index in [9.17, 15) is 0 Å². The molecule has 0 aliphatic rings. The molecule has 1 unspecified atom stereocenters. The third-order valence-electron chi connectivity index (χ3n) is 3.67. The number of nitrogens with two attached hydrogens (primary N) is 1. The molecule has 21 heavy (non-hydrogen) atoms. The molecule has 0 spiro atoms. The lowest BCUT2D eigenvalue weighted by Crippen LogP contribution is -2.19. The third-order valence-corrected chi connectivity index (χ3v) is 3.67. The molecule has 2 aromatic rings. The predicted molar refractivity (Wildman–Crippen MR) is 80.6 cm³/mol. The monoisotopic (exact) mass is 289 g/mol. The summed E-state index contributed by atoms with van der Waals surface area (Å²) in [5.74, 6) is 1.29. The number of hydrogen-bond donors (Lipinski definition) is 1. The molecule has 0 amide bonds. The molecule has 0 saturated carbocycles. The number of aromatic nitrogens is 2. The maximum Gasteiger partial charge on any atom is 0.243 e. The number of hydrogen-bond acceptors (Lipinski definition) is 5.